The normalized spacial score (nSPS) is 16.1. The monoisotopic (exact) mass is 205 g/mol. The number of hydrogen-bond acceptors (Lipinski definition) is 3. The highest BCUT2D eigenvalue weighted by Gasteiger charge is 2.16. The fourth-order valence-electron chi connectivity index (χ4n) is 1.76. The molecule has 0 radical (unpaired) electrons. The van der Waals surface area contributed by atoms with Gasteiger partial charge in [0.25, 0.3) is 0 Å². The number of rotatable bonds is 1. The highest BCUT2D eigenvalue weighted by atomic mass is 19.1. The molecule has 0 saturated carbocycles. The minimum absolute atomic E-state index is 0.117. The van der Waals surface area contributed by atoms with Gasteiger partial charge in [-0.15, -0.1) is 0 Å². The molecule has 1 heterocycles. The molecule has 0 bridgehead atoms. The van der Waals surface area contributed by atoms with Gasteiger partial charge in [-0.2, -0.15) is 5.26 Å². The van der Waals surface area contributed by atoms with Gasteiger partial charge in [0.2, 0.25) is 0 Å². The maximum absolute atomic E-state index is 13.8. The van der Waals surface area contributed by atoms with Crippen LogP contribution < -0.4 is 10.2 Å². The van der Waals surface area contributed by atoms with Crippen molar-refractivity contribution < 1.29 is 4.39 Å². The molecule has 1 saturated heterocycles. The first-order chi connectivity index (χ1) is 7.33. The number of anilines is 1. The van der Waals surface area contributed by atoms with Crippen LogP contribution in [0.1, 0.15) is 5.56 Å². The van der Waals surface area contributed by atoms with Crippen molar-refractivity contribution in [1.29, 1.82) is 5.26 Å². The van der Waals surface area contributed by atoms with Gasteiger partial charge in [0.1, 0.15) is 6.07 Å². The Morgan fingerprint density at radius 1 is 1.33 bits per heavy atom. The zero-order valence-electron chi connectivity index (χ0n) is 8.33. The van der Waals surface area contributed by atoms with Gasteiger partial charge in [0, 0.05) is 26.2 Å². The Kier molecular flexibility index (Phi) is 2.84. The number of nitriles is 1. The predicted octanol–water partition coefficient (Wildman–Crippen LogP) is 1.11. The lowest BCUT2D eigenvalue weighted by Crippen LogP contribution is -2.43. The summed E-state index contributed by atoms with van der Waals surface area (Å²) in [6.45, 7) is 3.28. The van der Waals surface area contributed by atoms with E-state index >= 15 is 0 Å². The number of halogens is 1. The lowest BCUT2D eigenvalue weighted by Gasteiger charge is -2.29. The molecule has 0 unspecified atom stereocenters. The molecule has 0 amide bonds. The first-order valence-corrected chi connectivity index (χ1v) is 4.97. The molecule has 1 aliphatic heterocycles. The lowest BCUT2D eigenvalue weighted by atomic mass is 10.1. The van der Waals surface area contributed by atoms with E-state index in [0.29, 0.717) is 5.69 Å². The summed E-state index contributed by atoms with van der Waals surface area (Å²) in [5.41, 5.74) is 0.654. The molecule has 1 N–H and O–H groups in total. The van der Waals surface area contributed by atoms with Gasteiger partial charge in [-0.3, -0.25) is 0 Å². The third-order valence-electron chi connectivity index (χ3n) is 2.56. The standard InChI is InChI=1S/C11H12FN3/c12-11-9(8-13)2-1-3-10(11)15-6-4-14-5-7-15/h1-3,14H,4-7H2. The van der Waals surface area contributed by atoms with Gasteiger partial charge in [0.05, 0.1) is 11.3 Å². The van der Waals surface area contributed by atoms with Crippen LogP contribution in [0.25, 0.3) is 0 Å². The van der Waals surface area contributed by atoms with Crippen molar-refractivity contribution in [3.8, 4) is 6.07 Å². The van der Waals surface area contributed by atoms with E-state index in [1.54, 1.807) is 12.1 Å². The molecule has 1 aliphatic rings. The summed E-state index contributed by atoms with van der Waals surface area (Å²) in [5, 5.41) is 11.9. The van der Waals surface area contributed by atoms with Crippen molar-refractivity contribution in [1.82, 2.24) is 5.32 Å². The first-order valence-electron chi connectivity index (χ1n) is 4.97. The molecule has 0 spiro atoms. The molecule has 4 heteroatoms. The van der Waals surface area contributed by atoms with Crippen LogP contribution in [0.3, 0.4) is 0 Å². The maximum Gasteiger partial charge on any atom is 0.164 e. The van der Waals surface area contributed by atoms with Crippen molar-refractivity contribution in [2.75, 3.05) is 31.1 Å². The highest BCUT2D eigenvalue weighted by molar-refractivity contribution is 5.53. The Bertz CT molecular complexity index is 391. The highest BCUT2D eigenvalue weighted by Crippen LogP contribution is 2.21. The summed E-state index contributed by atoms with van der Waals surface area (Å²) in [4.78, 5) is 1.96. The van der Waals surface area contributed by atoms with E-state index in [0.717, 1.165) is 26.2 Å². The van der Waals surface area contributed by atoms with Gasteiger partial charge >= 0.3 is 0 Å². The maximum atomic E-state index is 13.8. The Balaban J connectivity index is 2.31. The molecule has 3 nitrogen and oxygen atoms in total. The van der Waals surface area contributed by atoms with Gasteiger partial charge in [0.15, 0.2) is 5.82 Å². The van der Waals surface area contributed by atoms with Crippen LogP contribution in [0.2, 0.25) is 0 Å². The summed E-state index contributed by atoms with van der Waals surface area (Å²) >= 11 is 0. The molecule has 1 fully saturated rings. The Morgan fingerprint density at radius 2 is 2.07 bits per heavy atom. The Labute approximate surface area is 88.1 Å². The first kappa shape index (κ1) is 9.94. The predicted molar refractivity (Wildman–Crippen MR) is 56.2 cm³/mol. The van der Waals surface area contributed by atoms with Crippen molar-refractivity contribution in [3.63, 3.8) is 0 Å². The van der Waals surface area contributed by atoms with E-state index in [1.165, 1.54) is 6.07 Å². The zero-order valence-corrected chi connectivity index (χ0v) is 8.33. The third-order valence-corrected chi connectivity index (χ3v) is 2.56. The quantitative estimate of drug-likeness (QED) is 0.746. The number of nitrogens with zero attached hydrogens (tertiary/aromatic N) is 2. The van der Waals surface area contributed by atoms with Crippen LogP contribution in [0.15, 0.2) is 18.2 Å². The summed E-state index contributed by atoms with van der Waals surface area (Å²) in [6.07, 6.45) is 0. The van der Waals surface area contributed by atoms with E-state index in [1.807, 2.05) is 11.0 Å². The van der Waals surface area contributed by atoms with Gasteiger partial charge in [-0.05, 0) is 12.1 Å². The molecule has 0 atom stereocenters. The van der Waals surface area contributed by atoms with Crippen LogP contribution in [-0.4, -0.2) is 26.2 Å². The smallest absolute Gasteiger partial charge is 0.164 e. The summed E-state index contributed by atoms with van der Waals surface area (Å²) in [6, 6.07) is 6.80. The number of hydrogen-bond donors (Lipinski definition) is 1. The number of piperazine rings is 1. The van der Waals surface area contributed by atoms with Crippen molar-refractivity contribution in [2.24, 2.45) is 0 Å². The van der Waals surface area contributed by atoms with E-state index in [9.17, 15) is 4.39 Å². The Hall–Kier alpha value is -1.60. The van der Waals surface area contributed by atoms with Crippen LogP contribution in [0, 0.1) is 17.1 Å². The second kappa shape index (κ2) is 4.28. The minimum Gasteiger partial charge on any atom is -0.367 e. The summed E-state index contributed by atoms with van der Waals surface area (Å²) < 4.78 is 13.8. The largest absolute Gasteiger partial charge is 0.367 e. The van der Waals surface area contributed by atoms with E-state index in [-0.39, 0.29) is 5.56 Å². The fourth-order valence-corrected chi connectivity index (χ4v) is 1.76. The fraction of sp³-hybridized carbons (Fsp3) is 0.364. The van der Waals surface area contributed by atoms with Crippen LogP contribution in [0.5, 0.6) is 0 Å². The van der Waals surface area contributed by atoms with E-state index in [4.69, 9.17) is 5.26 Å². The second-order valence-corrected chi connectivity index (χ2v) is 3.49. The summed E-state index contributed by atoms with van der Waals surface area (Å²) in [5.74, 6) is -0.401. The number of nitrogens with one attached hydrogen (secondary N) is 1. The molecule has 0 aromatic heterocycles. The van der Waals surface area contributed by atoms with Gasteiger partial charge < -0.3 is 10.2 Å². The van der Waals surface area contributed by atoms with Gasteiger partial charge in [-0.1, -0.05) is 6.07 Å². The van der Waals surface area contributed by atoms with Crippen molar-refractivity contribution >= 4 is 5.69 Å². The van der Waals surface area contributed by atoms with Crippen LogP contribution >= 0.6 is 0 Å². The average Bonchev–Trinajstić information content (AvgIpc) is 2.30. The van der Waals surface area contributed by atoms with Crippen LogP contribution in [-0.2, 0) is 0 Å². The molecule has 2 rings (SSSR count). The molecular formula is C11H12FN3. The SMILES string of the molecule is N#Cc1cccc(N2CCNCC2)c1F. The second-order valence-electron chi connectivity index (χ2n) is 3.49. The zero-order chi connectivity index (χ0) is 10.7. The van der Waals surface area contributed by atoms with E-state index < -0.39 is 5.82 Å². The molecule has 1 aromatic carbocycles. The Morgan fingerprint density at radius 3 is 2.73 bits per heavy atom. The molecule has 78 valence electrons. The third kappa shape index (κ3) is 1.92. The summed E-state index contributed by atoms with van der Waals surface area (Å²) in [7, 11) is 0. The molecular weight excluding hydrogens is 193 g/mol. The molecule has 1 aromatic rings. The lowest BCUT2D eigenvalue weighted by molar-refractivity contribution is 0.565. The van der Waals surface area contributed by atoms with Crippen molar-refractivity contribution in [2.45, 2.75) is 0 Å². The van der Waals surface area contributed by atoms with Gasteiger partial charge in [-0.25, -0.2) is 4.39 Å². The van der Waals surface area contributed by atoms with Crippen LogP contribution in [0.4, 0.5) is 10.1 Å². The average molecular weight is 205 g/mol. The number of benzene rings is 1. The van der Waals surface area contributed by atoms with Crippen molar-refractivity contribution in [3.05, 3.63) is 29.6 Å². The van der Waals surface area contributed by atoms with E-state index in [2.05, 4.69) is 5.32 Å². The minimum atomic E-state index is -0.401. The topological polar surface area (TPSA) is 39.1 Å². The molecule has 0 aliphatic carbocycles. The molecule has 15 heavy (non-hydrogen) atoms.